The molecule has 0 spiro atoms. The molecule has 3 heteroatoms. The molecule has 1 amide bonds. The van der Waals surface area contributed by atoms with E-state index in [4.69, 9.17) is 5.73 Å². The second kappa shape index (κ2) is 8.66. The molecule has 1 aromatic carbocycles. The Balaban J connectivity index is 1.71. The van der Waals surface area contributed by atoms with Crippen molar-refractivity contribution in [3.63, 3.8) is 0 Å². The Bertz CT molecular complexity index is 486. The number of hydrogen-bond donors (Lipinski definition) is 1. The maximum absolute atomic E-state index is 13.2. The summed E-state index contributed by atoms with van der Waals surface area (Å²) in [6.07, 6.45) is 13.0. The van der Waals surface area contributed by atoms with Crippen LogP contribution >= 0.6 is 0 Å². The molecule has 1 unspecified atom stereocenters. The van der Waals surface area contributed by atoms with Gasteiger partial charge in [0.15, 0.2) is 0 Å². The molecule has 0 heterocycles. The number of benzene rings is 1. The van der Waals surface area contributed by atoms with Gasteiger partial charge in [-0.15, -0.1) is 0 Å². The van der Waals surface area contributed by atoms with Crippen LogP contribution in [-0.4, -0.2) is 28.9 Å². The number of carbonyl (C=O) groups is 1. The minimum absolute atomic E-state index is 0.192. The van der Waals surface area contributed by atoms with Crippen molar-refractivity contribution < 1.29 is 4.79 Å². The Kier molecular flexibility index (Phi) is 6.30. The normalized spacial score (nSPS) is 21.4. The van der Waals surface area contributed by atoms with Crippen molar-refractivity contribution in [1.82, 2.24) is 4.90 Å². The van der Waals surface area contributed by atoms with E-state index in [0.29, 0.717) is 18.5 Å². The third-order valence-electron chi connectivity index (χ3n) is 5.81. The van der Waals surface area contributed by atoms with Crippen molar-refractivity contribution in [2.45, 2.75) is 88.8 Å². The second-order valence-electron chi connectivity index (χ2n) is 7.63. The third kappa shape index (κ3) is 4.38. The molecule has 2 N–H and O–H groups in total. The molecular formula is C21H32N2O. The Hall–Kier alpha value is -1.35. The van der Waals surface area contributed by atoms with Crippen molar-refractivity contribution in [1.29, 1.82) is 0 Å². The van der Waals surface area contributed by atoms with Crippen molar-refractivity contribution in [2.75, 3.05) is 0 Å². The lowest BCUT2D eigenvalue weighted by atomic mass is 9.87. The van der Waals surface area contributed by atoms with Gasteiger partial charge in [0.1, 0.15) is 0 Å². The van der Waals surface area contributed by atoms with Crippen LogP contribution in [0.4, 0.5) is 0 Å². The van der Waals surface area contributed by atoms with Gasteiger partial charge in [0.05, 0.1) is 6.04 Å². The third-order valence-corrected chi connectivity index (χ3v) is 5.81. The van der Waals surface area contributed by atoms with Gasteiger partial charge in [0.25, 0.3) is 0 Å². The predicted octanol–water partition coefficient (Wildman–Crippen LogP) is 4.05. The molecule has 3 rings (SSSR count). The van der Waals surface area contributed by atoms with Gasteiger partial charge in [0, 0.05) is 12.1 Å². The first kappa shape index (κ1) is 17.5. The Labute approximate surface area is 146 Å². The van der Waals surface area contributed by atoms with Gasteiger partial charge in [-0.1, -0.05) is 68.9 Å². The number of nitrogens with zero attached hydrogens (tertiary/aromatic N) is 1. The van der Waals surface area contributed by atoms with Crippen LogP contribution in [0, 0.1) is 0 Å². The Morgan fingerprint density at radius 2 is 1.42 bits per heavy atom. The van der Waals surface area contributed by atoms with Gasteiger partial charge in [-0.2, -0.15) is 0 Å². The van der Waals surface area contributed by atoms with Crippen LogP contribution in [0.25, 0.3) is 0 Å². The average molecular weight is 329 g/mol. The molecule has 0 radical (unpaired) electrons. The van der Waals surface area contributed by atoms with Crippen LogP contribution in [0.3, 0.4) is 0 Å². The zero-order valence-electron chi connectivity index (χ0n) is 14.8. The highest BCUT2D eigenvalue weighted by molar-refractivity contribution is 5.82. The van der Waals surface area contributed by atoms with Crippen LogP contribution in [0.2, 0.25) is 0 Å². The number of hydrogen-bond acceptors (Lipinski definition) is 2. The van der Waals surface area contributed by atoms with Gasteiger partial charge < -0.3 is 10.6 Å². The summed E-state index contributed by atoms with van der Waals surface area (Å²) in [4.78, 5) is 15.5. The fraction of sp³-hybridized carbons (Fsp3) is 0.667. The topological polar surface area (TPSA) is 46.3 Å². The lowest BCUT2D eigenvalue weighted by molar-refractivity contribution is -0.139. The average Bonchev–Trinajstić information content (AvgIpc) is 2.64. The molecule has 2 fully saturated rings. The smallest absolute Gasteiger partial charge is 0.240 e. The van der Waals surface area contributed by atoms with E-state index in [-0.39, 0.29) is 5.91 Å². The summed E-state index contributed by atoms with van der Waals surface area (Å²) in [5.74, 6) is 0.192. The van der Waals surface area contributed by atoms with E-state index < -0.39 is 6.04 Å². The highest BCUT2D eigenvalue weighted by Gasteiger charge is 2.34. The number of rotatable bonds is 5. The van der Waals surface area contributed by atoms with E-state index in [1.807, 2.05) is 18.2 Å². The molecule has 0 aliphatic heterocycles. The first-order valence-electron chi connectivity index (χ1n) is 9.87. The van der Waals surface area contributed by atoms with Gasteiger partial charge in [-0.3, -0.25) is 4.79 Å². The fourth-order valence-electron chi connectivity index (χ4n) is 4.52. The van der Waals surface area contributed by atoms with Crippen LogP contribution < -0.4 is 5.73 Å². The van der Waals surface area contributed by atoms with E-state index in [1.54, 1.807) is 0 Å². The van der Waals surface area contributed by atoms with E-state index in [9.17, 15) is 4.79 Å². The Morgan fingerprint density at radius 3 is 1.92 bits per heavy atom. The molecule has 132 valence electrons. The summed E-state index contributed by atoms with van der Waals surface area (Å²) < 4.78 is 0. The van der Waals surface area contributed by atoms with E-state index >= 15 is 0 Å². The SMILES string of the molecule is NC(Cc1ccccc1)C(=O)N(C1CCCCC1)C1CCCCC1. The first-order valence-corrected chi connectivity index (χ1v) is 9.87. The van der Waals surface area contributed by atoms with Gasteiger partial charge in [-0.25, -0.2) is 0 Å². The lowest BCUT2D eigenvalue weighted by Crippen LogP contribution is -2.54. The number of amides is 1. The first-order chi connectivity index (χ1) is 11.8. The standard InChI is InChI=1S/C21H32N2O/c22-20(16-17-10-4-1-5-11-17)21(24)23(18-12-6-2-7-13-18)19-14-8-3-9-15-19/h1,4-5,10-11,18-20H,2-3,6-9,12-16,22H2. The largest absolute Gasteiger partial charge is 0.335 e. The Morgan fingerprint density at radius 1 is 0.917 bits per heavy atom. The van der Waals surface area contributed by atoms with E-state index in [0.717, 1.165) is 5.56 Å². The van der Waals surface area contributed by atoms with Crippen molar-refractivity contribution in [3.8, 4) is 0 Å². The highest BCUT2D eigenvalue weighted by Crippen LogP contribution is 2.30. The van der Waals surface area contributed by atoms with Crippen LogP contribution in [0.1, 0.15) is 69.8 Å². The summed E-state index contributed by atoms with van der Waals surface area (Å²) in [6, 6.07) is 10.6. The quantitative estimate of drug-likeness (QED) is 0.886. The van der Waals surface area contributed by atoms with Crippen LogP contribution in [-0.2, 0) is 11.2 Å². The molecule has 2 aliphatic rings. The van der Waals surface area contributed by atoms with E-state index in [2.05, 4.69) is 17.0 Å². The molecule has 0 aromatic heterocycles. The monoisotopic (exact) mass is 328 g/mol. The van der Waals surface area contributed by atoms with Gasteiger partial charge in [-0.05, 0) is 37.7 Å². The molecule has 2 saturated carbocycles. The maximum atomic E-state index is 13.2. The molecule has 24 heavy (non-hydrogen) atoms. The summed E-state index contributed by atoms with van der Waals surface area (Å²) >= 11 is 0. The van der Waals surface area contributed by atoms with Gasteiger partial charge in [0.2, 0.25) is 5.91 Å². The van der Waals surface area contributed by atoms with Crippen molar-refractivity contribution >= 4 is 5.91 Å². The predicted molar refractivity (Wildman–Crippen MR) is 98.7 cm³/mol. The van der Waals surface area contributed by atoms with E-state index in [1.165, 1.54) is 64.2 Å². The second-order valence-corrected chi connectivity index (χ2v) is 7.63. The number of carbonyl (C=O) groups excluding carboxylic acids is 1. The molecule has 2 aliphatic carbocycles. The minimum atomic E-state index is -0.406. The summed E-state index contributed by atoms with van der Waals surface area (Å²) in [5, 5.41) is 0. The van der Waals surface area contributed by atoms with Crippen LogP contribution in [0.15, 0.2) is 30.3 Å². The zero-order valence-corrected chi connectivity index (χ0v) is 14.8. The van der Waals surface area contributed by atoms with Crippen LogP contribution in [0.5, 0.6) is 0 Å². The molecule has 0 bridgehead atoms. The molecule has 0 saturated heterocycles. The summed E-state index contributed by atoms with van der Waals surface area (Å²) in [7, 11) is 0. The van der Waals surface area contributed by atoms with Crippen molar-refractivity contribution in [3.05, 3.63) is 35.9 Å². The molecule has 1 atom stereocenters. The molecule has 1 aromatic rings. The van der Waals surface area contributed by atoms with Gasteiger partial charge >= 0.3 is 0 Å². The highest BCUT2D eigenvalue weighted by atomic mass is 16.2. The fourth-order valence-corrected chi connectivity index (χ4v) is 4.52. The summed E-state index contributed by atoms with van der Waals surface area (Å²) in [6.45, 7) is 0. The maximum Gasteiger partial charge on any atom is 0.240 e. The molecule has 3 nitrogen and oxygen atoms in total. The van der Waals surface area contributed by atoms with Crippen molar-refractivity contribution in [2.24, 2.45) is 5.73 Å². The number of nitrogens with two attached hydrogens (primary N) is 1. The molecular weight excluding hydrogens is 296 g/mol. The summed E-state index contributed by atoms with van der Waals surface area (Å²) in [5.41, 5.74) is 7.53. The minimum Gasteiger partial charge on any atom is -0.335 e. The zero-order chi connectivity index (χ0) is 16.8. The lowest BCUT2D eigenvalue weighted by Gasteiger charge is -2.43.